The summed E-state index contributed by atoms with van der Waals surface area (Å²) in [6, 6.07) is 6.21. The maximum absolute atomic E-state index is 13.1. The van der Waals surface area contributed by atoms with Crippen molar-refractivity contribution in [3.63, 3.8) is 0 Å². The monoisotopic (exact) mass is 398 g/mol. The second-order valence-electron chi connectivity index (χ2n) is 7.62. The van der Waals surface area contributed by atoms with Crippen LogP contribution in [0, 0.1) is 0 Å². The van der Waals surface area contributed by atoms with Crippen molar-refractivity contribution in [1.29, 1.82) is 0 Å². The van der Waals surface area contributed by atoms with Gasteiger partial charge in [-0.25, -0.2) is 4.79 Å². The molecule has 1 aliphatic carbocycles. The van der Waals surface area contributed by atoms with E-state index in [1.54, 1.807) is 6.92 Å². The van der Waals surface area contributed by atoms with Gasteiger partial charge in [0.05, 0.1) is 6.42 Å². The first kappa shape index (κ1) is 20.9. The first-order chi connectivity index (χ1) is 14.0. The molecule has 2 aromatic rings. The van der Waals surface area contributed by atoms with Gasteiger partial charge in [0.25, 0.3) is 5.56 Å². The predicted molar refractivity (Wildman–Crippen MR) is 115 cm³/mol. The van der Waals surface area contributed by atoms with Gasteiger partial charge in [0.1, 0.15) is 5.82 Å². The molecule has 1 heterocycles. The summed E-state index contributed by atoms with van der Waals surface area (Å²) in [6.07, 6.45) is 6.36. The van der Waals surface area contributed by atoms with Crippen molar-refractivity contribution in [3.8, 4) is 0 Å². The minimum atomic E-state index is -0.624. The van der Waals surface area contributed by atoms with Gasteiger partial charge in [-0.05, 0) is 55.7 Å². The van der Waals surface area contributed by atoms with E-state index in [0.29, 0.717) is 13.1 Å². The number of hydrogen-bond acceptors (Lipinski definition) is 4. The number of unbranched alkanes of at least 4 members (excludes halogenated alkanes) is 1. The van der Waals surface area contributed by atoms with Crippen LogP contribution in [0.25, 0.3) is 0 Å². The number of nitrogens with one attached hydrogen (secondary N) is 1. The maximum atomic E-state index is 13.1. The van der Waals surface area contributed by atoms with Gasteiger partial charge < -0.3 is 10.6 Å². The Morgan fingerprint density at radius 2 is 1.90 bits per heavy atom. The minimum Gasteiger partial charge on any atom is -0.383 e. The summed E-state index contributed by atoms with van der Waals surface area (Å²) >= 11 is 0. The van der Waals surface area contributed by atoms with E-state index in [1.165, 1.54) is 33.4 Å². The largest absolute Gasteiger partial charge is 0.383 e. The van der Waals surface area contributed by atoms with Gasteiger partial charge in [-0.1, -0.05) is 31.5 Å². The first-order valence-electron chi connectivity index (χ1n) is 10.5. The minimum absolute atomic E-state index is 0.0489. The third-order valence-corrected chi connectivity index (χ3v) is 5.60. The van der Waals surface area contributed by atoms with Gasteiger partial charge in [-0.15, -0.1) is 0 Å². The Bertz CT molecular complexity index is 1010. The number of nitrogens with zero attached hydrogens (tertiary/aromatic N) is 2. The summed E-state index contributed by atoms with van der Waals surface area (Å²) in [4.78, 5) is 41.4. The van der Waals surface area contributed by atoms with Gasteiger partial charge in [-0.2, -0.15) is 0 Å². The Morgan fingerprint density at radius 3 is 2.59 bits per heavy atom. The summed E-state index contributed by atoms with van der Waals surface area (Å²) in [5.74, 6) is -0.158. The maximum Gasteiger partial charge on any atom is 0.330 e. The third-order valence-electron chi connectivity index (χ3n) is 5.60. The Kier molecular flexibility index (Phi) is 6.56. The number of benzene rings is 1. The smallest absolute Gasteiger partial charge is 0.330 e. The topological polar surface area (TPSA) is 101 Å². The lowest BCUT2D eigenvalue weighted by Gasteiger charge is -2.23. The summed E-state index contributed by atoms with van der Waals surface area (Å²) in [5.41, 5.74) is 8.68. The molecule has 7 heteroatoms. The van der Waals surface area contributed by atoms with Gasteiger partial charge in [0, 0.05) is 13.1 Å². The van der Waals surface area contributed by atoms with E-state index in [0.717, 1.165) is 31.2 Å². The molecule has 1 amide bonds. The second-order valence-corrected chi connectivity index (χ2v) is 7.62. The molecule has 0 atom stereocenters. The van der Waals surface area contributed by atoms with Crippen LogP contribution in [-0.2, 0) is 30.6 Å². The molecule has 1 aromatic carbocycles. The highest BCUT2D eigenvalue weighted by molar-refractivity contribution is 5.96. The van der Waals surface area contributed by atoms with E-state index in [9.17, 15) is 14.4 Å². The lowest BCUT2D eigenvalue weighted by atomic mass is 9.90. The van der Waals surface area contributed by atoms with Crippen LogP contribution < -0.4 is 21.9 Å². The quantitative estimate of drug-likeness (QED) is 0.748. The van der Waals surface area contributed by atoms with E-state index in [2.05, 4.69) is 17.1 Å². The number of rotatable bonds is 7. The predicted octanol–water partition coefficient (Wildman–Crippen LogP) is 2.39. The number of hydrogen-bond donors (Lipinski definition) is 2. The number of aryl methyl sites for hydroxylation is 2. The van der Waals surface area contributed by atoms with Crippen LogP contribution >= 0.6 is 0 Å². The van der Waals surface area contributed by atoms with Crippen molar-refractivity contribution >= 4 is 17.4 Å². The number of anilines is 2. The van der Waals surface area contributed by atoms with Gasteiger partial charge >= 0.3 is 5.69 Å². The Hall–Kier alpha value is -2.83. The molecule has 0 saturated heterocycles. The van der Waals surface area contributed by atoms with Crippen molar-refractivity contribution in [2.24, 2.45) is 0 Å². The highest BCUT2D eigenvalue weighted by atomic mass is 16.2. The fraction of sp³-hybridized carbons (Fsp3) is 0.500. The van der Waals surface area contributed by atoms with Crippen molar-refractivity contribution in [3.05, 3.63) is 55.7 Å². The molecule has 0 unspecified atom stereocenters. The second kappa shape index (κ2) is 9.11. The third kappa shape index (κ3) is 4.44. The van der Waals surface area contributed by atoms with Gasteiger partial charge in [0.15, 0.2) is 5.69 Å². The number of aromatic nitrogens is 2. The number of nitrogen functional groups attached to an aromatic ring is 1. The fourth-order valence-corrected chi connectivity index (χ4v) is 4.00. The van der Waals surface area contributed by atoms with E-state index >= 15 is 0 Å². The van der Waals surface area contributed by atoms with Crippen LogP contribution in [-0.4, -0.2) is 22.0 Å². The van der Waals surface area contributed by atoms with E-state index in [4.69, 9.17) is 5.73 Å². The number of H-pyrrole nitrogens is 1. The Morgan fingerprint density at radius 1 is 1.17 bits per heavy atom. The van der Waals surface area contributed by atoms with Crippen molar-refractivity contribution in [1.82, 2.24) is 9.55 Å². The average molecular weight is 399 g/mol. The SMILES string of the molecule is CCCCn1c(N)c(N(CC)C(=O)Cc2ccc3c(c2)CCCC3)c(=O)[nH]c1=O. The number of carbonyl (C=O) groups is 1. The molecule has 0 saturated carbocycles. The van der Waals surface area contributed by atoms with Crippen molar-refractivity contribution < 1.29 is 4.79 Å². The van der Waals surface area contributed by atoms with Crippen LogP contribution in [0.2, 0.25) is 0 Å². The number of carbonyl (C=O) groups excluding carboxylic acids is 1. The molecular weight excluding hydrogens is 368 g/mol. The normalized spacial score (nSPS) is 13.2. The molecule has 0 radical (unpaired) electrons. The zero-order valence-electron chi connectivity index (χ0n) is 17.3. The van der Waals surface area contributed by atoms with E-state index in [-0.39, 0.29) is 23.8 Å². The van der Waals surface area contributed by atoms with Crippen LogP contribution in [0.15, 0.2) is 27.8 Å². The van der Waals surface area contributed by atoms with Crippen molar-refractivity contribution in [2.45, 2.75) is 65.3 Å². The summed E-state index contributed by atoms with van der Waals surface area (Å²) in [5, 5.41) is 0. The molecule has 0 fully saturated rings. The number of nitrogens with two attached hydrogens (primary N) is 1. The molecule has 1 aliphatic rings. The first-order valence-corrected chi connectivity index (χ1v) is 10.5. The number of fused-ring (bicyclic) bond motifs is 1. The summed E-state index contributed by atoms with van der Waals surface area (Å²) in [7, 11) is 0. The fourth-order valence-electron chi connectivity index (χ4n) is 4.00. The van der Waals surface area contributed by atoms with Crippen LogP contribution in [0.1, 0.15) is 56.2 Å². The van der Waals surface area contributed by atoms with Gasteiger partial charge in [-0.3, -0.25) is 19.1 Å². The lowest BCUT2D eigenvalue weighted by molar-refractivity contribution is -0.117. The highest BCUT2D eigenvalue weighted by Gasteiger charge is 2.23. The zero-order valence-corrected chi connectivity index (χ0v) is 17.3. The zero-order chi connectivity index (χ0) is 21.0. The molecule has 29 heavy (non-hydrogen) atoms. The highest BCUT2D eigenvalue weighted by Crippen LogP contribution is 2.23. The number of amides is 1. The standard InChI is InChI=1S/C22H30N4O3/c1-3-5-12-26-20(23)19(21(28)24-22(26)29)25(4-2)18(27)14-15-10-11-16-8-6-7-9-17(16)13-15/h10-11,13H,3-9,12,14,23H2,1-2H3,(H,24,28,29). The van der Waals surface area contributed by atoms with E-state index < -0.39 is 11.2 Å². The molecule has 0 bridgehead atoms. The molecule has 0 aliphatic heterocycles. The summed E-state index contributed by atoms with van der Waals surface area (Å²) in [6.45, 7) is 4.50. The van der Waals surface area contributed by atoms with E-state index in [1.807, 2.05) is 13.0 Å². The molecule has 0 spiro atoms. The van der Waals surface area contributed by atoms with Crippen LogP contribution in [0.4, 0.5) is 11.5 Å². The summed E-state index contributed by atoms with van der Waals surface area (Å²) < 4.78 is 1.34. The van der Waals surface area contributed by atoms with Crippen LogP contribution in [0.5, 0.6) is 0 Å². The molecule has 1 aromatic heterocycles. The number of aromatic amines is 1. The average Bonchev–Trinajstić information content (AvgIpc) is 2.70. The lowest BCUT2D eigenvalue weighted by Crippen LogP contribution is -2.41. The van der Waals surface area contributed by atoms with Crippen molar-refractivity contribution in [2.75, 3.05) is 17.2 Å². The Balaban J connectivity index is 1.90. The molecule has 3 rings (SSSR count). The molecular formula is C22H30N4O3. The molecule has 7 nitrogen and oxygen atoms in total. The van der Waals surface area contributed by atoms with Gasteiger partial charge in [0.2, 0.25) is 5.91 Å². The number of likely N-dealkylation sites (N-methyl/N-ethyl adjacent to an activating group) is 1. The van der Waals surface area contributed by atoms with Crippen LogP contribution in [0.3, 0.4) is 0 Å². The Labute approximate surface area is 170 Å². The molecule has 156 valence electrons. The molecule has 3 N–H and O–H groups in total.